The van der Waals surface area contributed by atoms with Crippen LogP contribution in [-0.4, -0.2) is 101 Å². The zero-order valence-electron chi connectivity index (χ0n) is 36.5. The van der Waals surface area contributed by atoms with E-state index in [1.807, 2.05) is 30.3 Å². The van der Waals surface area contributed by atoms with E-state index in [4.69, 9.17) is 56.7 Å². The Balaban J connectivity index is 0.873. The molecule has 16 nitrogen and oxygen atoms in total. The number of ether oxygens (including phenoxy) is 6. The number of methoxy groups -OCH3 is 2. The van der Waals surface area contributed by atoms with Crippen molar-refractivity contribution in [3.05, 3.63) is 82.2 Å². The molecular weight excluding hydrogens is 889 g/mol. The molecule has 2 N–H and O–H groups in total. The molecule has 344 valence electrons. The number of hydrogen-bond donors (Lipinski definition) is 2. The van der Waals surface area contributed by atoms with E-state index in [9.17, 15) is 14.4 Å². The SMILES string of the molecule is COc1ccc(C2=NN(C3CCN(C(=O)[C@@H](Cc4ccc(Cl)cc4Cl)NC(=O)Oc4c[nH]c5c(-c6c(OCC7CC7)ccc7c6OCO7)ncnc45)CC3)C(=O)[C@@H]3CCCC[C@H]23)cc1OC. The number of benzene rings is 3. The zero-order valence-corrected chi connectivity index (χ0v) is 38.0. The molecule has 1 saturated heterocycles. The van der Waals surface area contributed by atoms with E-state index in [1.54, 1.807) is 42.3 Å². The lowest BCUT2D eigenvalue weighted by atomic mass is 9.73. The first kappa shape index (κ1) is 43.6. The number of halogens is 2. The number of rotatable bonds is 13. The number of carbonyl (C=O) groups is 3. The Labute approximate surface area is 390 Å². The van der Waals surface area contributed by atoms with E-state index >= 15 is 0 Å². The fourth-order valence-corrected chi connectivity index (χ4v) is 10.1. The third kappa shape index (κ3) is 8.63. The van der Waals surface area contributed by atoms with Crippen molar-refractivity contribution < 1.29 is 42.8 Å². The summed E-state index contributed by atoms with van der Waals surface area (Å²) in [5.41, 5.74) is 4.25. The molecule has 5 aromatic rings. The van der Waals surface area contributed by atoms with Gasteiger partial charge in [0.2, 0.25) is 18.6 Å². The quantitative estimate of drug-likeness (QED) is 0.116. The maximum absolute atomic E-state index is 14.5. The van der Waals surface area contributed by atoms with Gasteiger partial charge in [-0.1, -0.05) is 42.1 Å². The highest BCUT2D eigenvalue weighted by atomic mass is 35.5. The first-order valence-corrected chi connectivity index (χ1v) is 23.2. The summed E-state index contributed by atoms with van der Waals surface area (Å²) in [7, 11) is 3.20. The summed E-state index contributed by atoms with van der Waals surface area (Å²) in [6.07, 6.45) is 8.98. The average Bonchev–Trinajstić information content (AvgIpc) is 3.90. The van der Waals surface area contributed by atoms with Gasteiger partial charge in [-0.05, 0) is 92.5 Å². The van der Waals surface area contributed by atoms with Crippen LogP contribution in [0.2, 0.25) is 10.0 Å². The number of carbonyl (C=O) groups excluding carboxylic acids is 3. The van der Waals surface area contributed by atoms with E-state index in [0.717, 1.165) is 49.8 Å². The highest BCUT2D eigenvalue weighted by Gasteiger charge is 2.44. The van der Waals surface area contributed by atoms with Gasteiger partial charge in [0.25, 0.3) is 0 Å². The minimum atomic E-state index is -1.08. The van der Waals surface area contributed by atoms with E-state index in [-0.39, 0.29) is 48.7 Å². The van der Waals surface area contributed by atoms with Crippen molar-refractivity contribution in [1.82, 2.24) is 30.2 Å². The van der Waals surface area contributed by atoms with Gasteiger partial charge in [0.15, 0.2) is 28.7 Å². The van der Waals surface area contributed by atoms with Gasteiger partial charge in [0.05, 0.1) is 43.7 Å². The van der Waals surface area contributed by atoms with Crippen LogP contribution < -0.4 is 33.7 Å². The highest BCUT2D eigenvalue weighted by Crippen LogP contribution is 2.49. The lowest BCUT2D eigenvalue weighted by Crippen LogP contribution is -2.56. The normalized spacial score (nSPS) is 19.8. The monoisotopic (exact) mass is 937 g/mol. The number of aromatic nitrogens is 3. The maximum atomic E-state index is 14.5. The summed E-state index contributed by atoms with van der Waals surface area (Å²) in [6.45, 7) is 1.28. The second-order valence-corrected chi connectivity index (χ2v) is 18.2. The third-order valence-electron chi connectivity index (χ3n) is 13.2. The molecule has 2 aromatic heterocycles. The van der Waals surface area contributed by atoms with Crippen molar-refractivity contribution in [3.8, 4) is 45.8 Å². The van der Waals surface area contributed by atoms with Crippen LogP contribution in [0, 0.1) is 17.8 Å². The van der Waals surface area contributed by atoms with Crippen molar-refractivity contribution in [3.63, 3.8) is 0 Å². The topological polar surface area (TPSA) is 179 Å². The van der Waals surface area contributed by atoms with Crippen LogP contribution in [-0.2, 0) is 16.0 Å². The maximum Gasteiger partial charge on any atom is 0.413 e. The molecule has 3 aromatic carbocycles. The van der Waals surface area contributed by atoms with E-state index < -0.39 is 12.1 Å². The number of nitrogens with zero attached hydrogens (tertiary/aromatic N) is 5. The summed E-state index contributed by atoms with van der Waals surface area (Å²) >= 11 is 12.9. The number of fused-ring (bicyclic) bond motifs is 3. The second-order valence-electron chi connectivity index (χ2n) is 17.3. The van der Waals surface area contributed by atoms with Crippen molar-refractivity contribution in [2.75, 3.05) is 40.7 Å². The van der Waals surface area contributed by atoms with Crippen LogP contribution in [0.5, 0.6) is 34.5 Å². The van der Waals surface area contributed by atoms with Crippen molar-refractivity contribution in [2.45, 2.75) is 69.9 Å². The molecule has 0 spiro atoms. The summed E-state index contributed by atoms with van der Waals surface area (Å²) in [5.74, 6) is 3.00. The standard InChI is InChI=1S/C48H49Cl2N7O9/c1-61-35-12-10-28(20-38(35)62-2)41-31-5-3-4-6-32(31)46(58)57(55-41)30-15-17-56(18-16-30)47(59)34(19-27-9-11-29(49)21-33(27)50)54-48(60)66-39-22-51-44-42(39)52-24-53-43(44)40-36(63-23-26-7-8-26)13-14-37-45(40)65-25-64-37/h9-14,20-22,24,26,30-32,34,51H,3-8,15-19,23,25H2,1-2H3,(H,54,60)/t31-,32+,34+/m0/s1. The highest BCUT2D eigenvalue weighted by molar-refractivity contribution is 6.35. The molecule has 2 aliphatic carbocycles. The predicted octanol–water partition coefficient (Wildman–Crippen LogP) is 8.21. The Kier molecular flexibility index (Phi) is 12.3. The molecule has 3 fully saturated rings. The van der Waals surface area contributed by atoms with Crippen LogP contribution >= 0.6 is 23.2 Å². The fourth-order valence-electron chi connectivity index (χ4n) is 9.60. The fraction of sp³-hybridized carbons (Fsp3) is 0.417. The van der Waals surface area contributed by atoms with Crippen LogP contribution in [0.4, 0.5) is 4.79 Å². The zero-order chi connectivity index (χ0) is 45.5. The van der Waals surface area contributed by atoms with Gasteiger partial charge >= 0.3 is 6.09 Å². The second kappa shape index (κ2) is 18.6. The summed E-state index contributed by atoms with van der Waals surface area (Å²) in [4.78, 5) is 56.5. The molecule has 0 radical (unpaired) electrons. The van der Waals surface area contributed by atoms with Gasteiger partial charge in [-0.3, -0.25) is 9.59 Å². The molecule has 3 amide bonds. The summed E-state index contributed by atoms with van der Waals surface area (Å²) in [5, 5.41) is 10.4. The lowest BCUT2D eigenvalue weighted by molar-refractivity contribution is -0.143. The van der Waals surface area contributed by atoms with Crippen molar-refractivity contribution in [2.24, 2.45) is 22.9 Å². The molecule has 2 saturated carbocycles. The largest absolute Gasteiger partial charge is 0.493 e. The number of amides is 3. The molecule has 0 unspecified atom stereocenters. The minimum Gasteiger partial charge on any atom is -0.493 e. The molecule has 5 heterocycles. The molecule has 3 aliphatic heterocycles. The number of hydrazone groups is 1. The van der Waals surface area contributed by atoms with E-state index in [2.05, 4.69) is 20.3 Å². The minimum absolute atomic E-state index is 0.00515. The molecular formula is C48H49Cl2N7O9. The molecule has 0 bridgehead atoms. The van der Waals surface area contributed by atoms with Gasteiger partial charge in [-0.25, -0.2) is 19.8 Å². The first-order valence-electron chi connectivity index (χ1n) is 22.4. The van der Waals surface area contributed by atoms with Gasteiger partial charge < -0.3 is 43.6 Å². The summed E-state index contributed by atoms with van der Waals surface area (Å²) < 4.78 is 34.8. The van der Waals surface area contributed by atoms with Crippen LogP contribution in [0.3, 0.4) is 0 Å². The van der Waals surface area contributed by atoms with Gasteiger partial charge in [-0.15, -0.1) is 0 Å². The van der Waals surface area contributed by atoms with E-state index in [0.29, 0.717) is 105 Å². The number of aromatic amines is 1. The molecule has 18 heteroatoms. The van der Waals surface area contributed by atoms with E-state index in [1.165, 1.54) is 12.5 Å². The number of likely N-dealkylation sites (tertiary alicyclic amines) is 1. The third-order valence-corrected chi connectivity index (χ3v) is 13.8. The Hall–Kier alpha value is -6.26. The molecule has 66 heavy (non-hydrogen) atoms. The first-order chi connectivity index (χ1) is 32.2. The smallest absolute Gasteiger partial charge is 0.413 e. The Morgan fingerprint density at radius 1 is 0.894 bits per heavy atom. The number of H-pyrrole nitrogens is 1. The van der Waals surface area contributed by atoms with Crippen LogP contribution in [0.15, 0.2) is 66.2 Å². The van der Waals surface area contributed by atoms with Crippen LogP contribution in [0.25, 0.3) is 22.3 Å². The lowest BCUT2D eigenvalue weighted by Gasteiger charge is -2.43. The molecule has 5 aliphatic rings. The van der Waals surface area contributed by atoms with Gasteiger partial charge in [-0.2, -0.15) is 5.10 Å². The van der Waals surface area contributed by atoms with Crippen molar-refractivity contribution >= 4 is 57.9 Å². The number of piperidine rings is 1. The number of hydrogen-bond acceptors (Lipinski definition) is 12. The van der Waals surface area contributed by atoms with Gasteiger partial charge in [0, 0.05) is 53.2 Å². The molecule has 10 rings (SSSR count). The average molecular weight is 939 g/mol. The Morgan fingerprint density at radius 3 is 2.45 bits per heavy atom. The Bertz CT molecular complexity index is 2720. The predicted molar refractivity (Wildman–Crippen MR) is 245 cm³/mol. The van der Waals surface area contributed by atoms with Gasteiger partial charge in [0.1, 0.15) is 29.3 Å². The van der Waals surface area contributed by atoms with Crippen LogP contribution in [0.1, 0.15) is 62.5 Å². The van der Waals surface area contributed by atoms with Crippen molar-refractivity contribution in [1.29, 1.82) is 0 Å². The summed E-state index contributed by atoms with van der Waals surface area (Å²) in [6, 6.07) is 13.1. The Morgan fingerprint density at radius 2 is 1.68 bits per heavy atom. The number of nitrogens with one attached hydrogen (secondary N) is 2. The molecule has 3 atom stereocenters.